The molecule has 0 amide bonds. The predicted molar refractivity (Wildman–Crippen MR) is 88.9 cm³/mol. The Balaban J connectivity index is 2.01. The Morgan fingerprint density at radius 3 is 2.38 bits per heavy atom. The van der Waals surface area contributed by atoms with Gasteiger partial charge in [0, 0.05) is 12.0 Å². The molecule has 2 nitrogen and oxygen atoms in total. The Morgan fingerprint density at radius 1 is 1.05 bits per heavy atom. The third kappa shape index (κ3) is 3.85. The van der Waals surface area contributed by atoms with Crippen LogP contribution >= 0.6 is 0 Å². The summed E-state index contributed by atoms with van der Waals surface area (Å²) in [5, 5.41) is 0. The number of ether oxygens (including phenoxy) is 1. The maximum atomic E-state index is 6.01. The largest absolute Gasteiger partial charge is 0.493 e. The molecule has 2 aromatic carbocycles. The quantitative estimate of drug-likeness (QED) is 0.870. The lowest BCUT2D eigenvalue weighted by Crippen LogP contribution is -2.33. The Bertz CT molecular complexity index is 579. The summed E-state index contributed by atoms with van der Waals surface area (Å²) in [6.45, 7) is 7.67. The van der Waals surface area contributed by atoms with Crippen LogP contribution in [0.5, 0.6) is 5.75 Å². The van der Waals surface area contributed by atoms with E-state index in [1.165, 1.54) is 16.7 Å². The molecule has 0 aliphatic carbocycles. The van der Waals surface area contributed by atoms with Crippen LogP contribution in [-0.4, -0.2) is 13.2 Å². The Hall–Kier alpha value is -1.80. The molecule has 1 atom stereocenters. The summed E-state index contributed by atoms with van der Waals surface area (Å²) in [5.41, 5.74) is 9.69. The van der Waals surface area contributed by atoms with E-state index in [1.807, 2.05) is 12.1 Å². The van der Waals surface area contributed by atoms with Gasteiger partial charge in [0.05, 0.1) is 6.61 Å². The predicted octanol–water partition coefficient (Wildman–Crippen LogP) is 3.99. The second kappa shape index (κ2) is 6.77. The van der Waals surface area contributed by atoms with E-state index in [2.05, 4.69) is 57.2 Å². The molecule has 0 radical (unpaired) electrons. The van der Waals surface area contributed by atoms with Crippen molar-refractivity contribution >= 4 is 0 Å². The Kier molecular flexibility index (Phi) is 5.03. The molecule has 2 aromatic rings. The van der Waals surface area contributed by atoms with Crippen LogP contribution in [0.4, 0.5) is 0 Å². The molecule has 112 valence electrons. The third-order valence-corrected chi connectivity index (χ3v) is 4.16. The zero-order chi connectivity index (χ0) is 15.3. The summed E-state index contributed by atoms with van der Waals surface area (Å²) in [7, 11) is 0. The lowest BCUT2D eigenvalue weighted by molar-refractivity contribution is 0.265. The van der Waals surface area contributed by atoms with Gasteiger partial charge in [-0.1, -0.05) is 55.0 Å². The Labute approximate surface area is 127 Å². The van der Waals surface area contributed by atoms with Crippen molar-refractivity contribution < 1.29 is 4.74 Å². The number of nitrogens with two attached hydrogens (primary N) is 1. The molecule has 0 spiro atoms. The molecule has 0 fully saturated rings. The van der Waals surface area contributed by atoms with Crippen molar-refractivity contribution in [2.24, 2.45) is 5.73 Å². The second-order valence-electron chi connectivity index (χ2n) is 6.00. The van der Waals surface area contributed by atoms with Crippen LogP contribution in [0.3, 0.4) is 0 Å². The third-order valence-electron chi connectivity index (χ3n) is 4.16. The van der Waals surface area contributed by atoms with Crippen LogP contribution in [0, 0.1) is 13.8 Å². The van der Waals surface area contributed by atoms with Crippen molar-refractivity contribution in [1.29, 1.82) is 0 Å². The molecule has 2 heteroatoms. The van der Waals surface area contributed by atoms with E-state index in [1.54, 1.807) is 0 Å². The maximum Gasteiger partial charge on any atom is 0.122 e. The van der Waals surface area contributed by atoms with Crippen molar-refractivity contribution in [3.8, 4) is 5.75 Å². The first-order chi connectivity index (χ1) is 10.0. The molecule has 2 rings (SSSR count). The SMILES string of the molecule is Cc1ccc(OCCC(C)(CN)c2ccccc2)c(C)c1. The van der Waals surface area contributed by atoms with Gasteiger partial charge in [-0.3, -0.25) is 0 Å². The minimum Gasteiger partial charge on any atom is -0.493 e. The zero-order valence-corrected chi connectivity index (χ0v) is 13.2. The van der Waals surface area contributed by atoms with Crippen LogP contribution in [0.1, 0.15) is 30.0 Å². The lowest BCUT2D eigenvalue weighted by Gasteiger charge is -2.28. The minimum atomic E-state index is -0.0418. The van der Waals surface area contributed by atoms with E-state index in [0.29, 0.717) is 13.2 Å². The van der Waals surface area contributed by atoms with E-state index >= 15 is 0 Å². The van der Waals surface area contributed by atoms with Crippen molar-refractivity contribution in [3.05, 3.63) is 65.2 Å². The smallest absolute Gasteiger partial charge is 0.122 e. The highest BCUT2D eigenvalue weighted by Crippen LogP contribution is 2.27. The minimum absolute atomic E-state index is 0.0418. The molecule has 0 aromatic heterocycles. The number of rotatable bonds is 6. The monoisotopic (exact) mass is 283 g/mol. The Morgan fingerprint density at radius 2 is 1.76 bits per heavy atom. The van der Waals surface area contributed by atoms with E-state index in [0.717, 1.165) is 12.2 Å². The normalized spacial score (nSPS) is 13.7. The number of aryl methyl sites for hydroxylation is 2. The van der Waals surface area contributed by atoms with Crippen molar-refractivity contribution in [2.45, 2.75) is 32.6 Å². The van der Waals surface area contributed by atoms with Gasteiger partial charge in [-0.25, -0.2) is 0 Å². The van der Waals surface area contributed by atoms with Crippen LogP contribution in [0.25, 0.3) is 0 Å². The molecule has 0 aliphatic rings. The highest BCUT2D eigenvalue weighted by atomic mass is 16.5. The molecular formula is C19H25NO. The molecule has 0 saturated carbocycles. The molecule has 0 bridgehead atoms. The van der Waals surface area contributed by atoms with Gasteiger partial charge in [-0.2, -0.15) is 0 Å². The van der Waals surface area contributed by atoms with Gasteiger partial charge in [-0.15, -0.1) is 0 Å². The average Bonchev–Trinajstić information content (AvgIpc) is 2.50. The van der Waals surface area contributed by atoms with Gasteiger partial charge in [-0.05, 0) is 37.5 Å². The van der Waals surface area contributed by atoms with Gasteiger partial charge >= 0.3 is 0 Å². The van der Waals surface area contributed by atoms with E-state index < -0.39 is 0 Å². The molecule has 2 N–H and O–H groups in total. The molecule has 0 heterocycles. The summed E-state index contributed by atoms with van der Waals surface area (Å²) in [5.74, 6) is 0.966. The average molecular weight is 283 g/mol. The van der Waals surface area contributed by atoms with Gasteiger partial charge in [0.15, 0.2) is 0 Å². The van der Waals surface area contributed by atoms with Crippen LogP contribution < -0.4 is 10.5 Å². The first-order valence-corrected chi connectivity index (χ1v) is 7.51. The summed E-state index contributed by atoms with van der Waals surface area (Å²) in [6.07, 6.45) is 0.904. The van der Waals surface area contributed by atoms with E-state index in [-0.39, 0.29) is 5.41 Å². The van der Waals surface area contributed by atoms with Gasteiger partial charge < -0.3 is 10.5 Å². The molecule has 0 aliphatic heterocycles. The molecule has 21 heavy (non-hydrogen) atoms. The summed E-state index contributed by atoms with van der Waals surface area (Å²) in [4.78, 5) is 0. The van der Waals surface area contributed by atoms with Crippen molar-refractivity contribution in [2.75, 3.05) is 13.2 Å². The van der Waals surface area contributed by atoms with Crippen molar-refractivity contribution in [1.82, 2.24) is 0 Å². The summed E-state index contributed by atoms with van der Waals surface area (Å²) < 4.78 is 5.96. The fraction of sp³-hybridized carbons (Fsp3) is 0.368. The highest BCUT2D eigenvalue weighted by Gasteiger charge is 2.24. The first-order valence-electron chi connectivity index (χ1n) is 7.51. The molecule has 1 unspecified atom stereocenters. The second-order valence-corrected chi connectivity index (χ2v) is 6.00. The maximum absolute atomic E-state index is 6.01. The molecular weight excluding hydrogens is 258 g/mol. The lowest BCUT2D eigenvalue weighted by atomic mass is 9.80. The van der Waals surface area contributed by atoms with E-state index in [9.17, 15) is 0 Å². The van der Waals surface area contributed by atoms with E-state index in [4.69, 9.17) is 10.5 Å². The zero-order valence-electron chi connectivity index (χ0n) is 13.2. The van der Waals surface area contributed by atoms with Gasteiger partial charge in [0.25, 0.3) is 0 Å². The fourth-order valence-electron chi connectivity index (χ4n) is 2.55. The summed E-state index contributed by atoms with van der Waals surface area (Å²) >= 11 is 0. The number of benzene rings is 2. The first kappa shape index (κ1) is 15.6. The van der Waals surface area contributed by atoms with Gasteiger partial charge in [0.1, 0.15) is 5.75 Å². The molecule has 0 saturated heterocycles. The standard InChI is InChI=1S/C19H25NO/c1-15-9-10-18(16(2)13-15)21-12-11-19(3,14-20)17-7-5-4-6-8-17/h4-10,13H,11-12,14,20H2,1-3H3. The topological polar surface area (TPSA) is 35.2 Å². The van der Waals surface area contributed by atoms with Crippen LogP contribution in [0.15, 0.2) is 48.5 Å². The van der Waals surface area contributed by atoms with Gasteiger partial charge in [0.2, 0.25) is 0 Å². The van der Waals surface area contributed by atoms with Crippen LogP contribution in [-0.2, 0) is 5.41 Å². The fourth-order valence-corrected chi connectivity index (χ4v) is 2.55. The highest BCUT2D eigenvalue weighted by molar-refractivity contribution is 5.35. The number of hydrogen-bond acceptors (Lipinski definition) is 2. The van der Waals surface area contributed by atoms with Crippen LogP contribution in [0.2, 0.25) is 0 Å². The van der Waals surface area contributed by atoms with Crippen molar-refractivity contribution in [3.63, 3.8) is 0 Å². The summed E-state index contributed by atoms with van der Waals surface area (Å²) in [6, 6.07) is 16.7. The number of hydrogen-bond donors (Lipinski definition) is 1.